The van der Waals surface area contributed by atoms with Crippen LogP contribution in [0.15, 0.2) is 24.3 Å². The standard InChI is InChI=1S/C15H22N2O2S/c1-15(2,3)19-14(18)17-12-6-4-11(5-7-12)16-13-8-9-20-10-13/h4-7,13,16H,8-10H2,1-3H3,(H,17,18). The highest BCUT2D eigenvalue weighted by Gasteiger charge is 2.17. The summed E-state index contributed by atoms with van der Waals surface area (Å²) in [6, 6.07) is 8.29. The summed E-state index contributed by atoms with van der Waals surface area (Å²) in [5.41, 5.74) is 1.35. The first kappa shape index (κ1) is 15.0. The van der Waals surface area contributed by atoms with Crippen LogP contribution in [0.1, 0.15) is 27.2 Å². The molecule has 1 amide bonds. The van der Waals surface area contributed by atoms with Crippen LogP contribution in [-0.2, 0) is 4.74 Å². The number of rotatable bonds is 3. The zero-order valence-electron chi connectivity index (χ0n) is 12.2. The number of carbonyl (C=O) groups is 1. The van der Waals surface area contributed by atoms with Gasteiger partial charge in [0.15, 0.2) is 0 Å². The molecule has 110 valence electrons. The number of anilines is 2. The van der Waals surface area contributed by atoms with Crippen molar-refractivity contribution in [2.45, 2.75) is 38.8 Å². The van der Waals surface area contributed by atoms with Crippen molar-refractivity contribution in [3.05, 3.63) is 24.3 Å². The minimum Gasteiger partial charge on any atom is -0.444 e. The van der Waals surface area contributed by atoms with Gasteiger partial charge in [-0.2, -0.15) is 11.8 Å². The zero-order valence-corrected chi connectivity index (χ0v) is 13.0. The highest BCUT2D eigenvalue weighted by atomic mass is 32.2. The summed E-state index contributed by atoms with van der Waals surface area (Å²) in [5, 5.41) is 6.22. The summed E-state index contributed by atoms with van der Waals surface area (Å²) < 4.78 is 5.21. The summed E-state index contributed by atoms with van der Waals surface area (Å²) >= 11 is 1.98. The van der Waals surface area contributed by atoms with E-state index in [9.17, 15) is 4.79 Å². The number of hydrogen-bond donors (Lipinski definition) is 2. The van der Waals surface area contributed by atoms with Crippen molar-refractivity contribution in [2.75, 3.05) is 22.1 Å². The number of thioether (sulfide) groups is 1. The van der Waals surface area contributed by atoms with Gasteiger partial charge in [0, 0.05) is 23.2 Å². The Balaban J connectivity index is 1.86. The molecule has 1 aliphatic rings. The van der Waals surface area contributed by atoms with E-state index in [4.69, 9.17) is 4.74 Å². The van der Waals surface area contributed by atoms with Crippen LogP contribution in [0.25, 0.3) is 0 Å². The summed E-state index contributed by atoms with van der Waals surface area (Å²) in [4.78, 5) is 11.6. The number of ether oxygens (including phenoxy) is 1. The van der Waals surface area contributed by atoms with E-state index in [1.165, 1.54) is 12.2 Å². The van der Waals surface area contributed by atoms with Crippen LogP contribution in [0, 0.1) is 0 Å². The molecule has 5 heteroatoms. The minimum absolute atomic E-state index is 0.426. The summed E-state index contributed by atoms with van der Waals surface area (Å²) in [7, 11) is 0. The number of benzene rings is 1. The third-order valence-electron chi connectivity index (χ3n) is 2.83. The largest absolute Gasteiger partial charge is 0.444 e. The smallest absolute Gasteiger partial charge is 0.412 e. The third-order valence-corrected chi connectivity index (χ3v) is 3.99. The minimum atomic E-state index is -0.480. The second kappa shape index (κ2) is 6.39. The van der Waals surface area contributed by atoms with Gasteiger partial charge in [0.05, 0.1) is 0 Å². The monoisotopic (exact) mass is 294 g/mol. The molecule has 1 atom stereocenters. The molecule has 1 heterocycles. The third kappa shape index (κ3) is 4.96. The van der Waals surface area contributed by atoms with Gasteiger partial charge in [0.2, 0.25) is 0 Å². The molecule has 0 aliphatic carbocycles. The second-order valence-corrected chi connectivity index (χ2v) is 7.06. The van der Waals surface area contributed by atoms with Gasteiger partial charge in [0.25, 0.3) is 0 Å². The Morgan fingerprint density at radius 3 is 2.45 bits per heavy atom. The van der Waals surface area contributed by atoms with E-state index in [-0.39, 0.29) is 0 Å². The molecule has 1 aliphatic heterocycles. The van der Waals surface area contributed by atoms with Gasteiger partial charge in [0.1, 0.15) is 5.60 Å². The van der Waals surface area contributed by atoms with Gasteiger partial charge in [-0.05, 0) is 57.2 Å². The first-order chi connectivity index (χ1) is 9.42. The van der Waals surface area contributed by atoms with Crippen molar-refractivity contribution in [1.82, 2.24) is 0 Å². The predicted octanol–water partition coefficient (Wildman–Crippen LogP) is 3.95. The maximum Gasteiger partial charge on any atom is 0.412 e. The van der Waals surface area contributed by atoms with E-state index in [1.54, 1.807) is 0 Å². The molecule has 4 nitrogen and oxygen atoms in total. The molecule has 2 rings (SSSR count). The number of amides is 1. The van der Waals surface area contributed by atoms with Gasteiger partial charge in [-0.1, -0.05) is 0 Å². The zero-order chi connectivity index (χ0) is 14.6. The lowest BCUT2D eigenvalue weighted by Gasteiger charge is -2.19. The lowest BCUT2D eigenvalue weighted by molar-refractivity contribution is 0.0636. The van der Waals surface area contributed by atoms with Gasteiger partial charge < -0.3 is 10.1 Å². The summed E-state index contributed by atoms with van der Waals surface area (Å²) in [6.07, 6.45) is 0.785. The van der Waals surface area contributed by atoms with Crippen molar-refractivity contribution in [3.8, 4) is 0 Å². The van der Waals surface area contributed by atoms with E-state index in [2.05, 4.69) is 10.6 Å². The van der Waals surface area contributed by atoms with Crippen LogP contribution in [0.5, 0.6) is 0 Å². The Morgan fingerprint density at radius 2 is 1.90 bits per heavy atom. The molecule has 1 saturated heterocycles. The SMILES string of the molecule is CC(C)(C)OC(=O)Nc1ccc(NC2CCSC2)cc1. The van der Waals surface area contributed by atoms with Gasteiger partial charge in [-0.15, -0.1) is 0 Å². The Morgan fingerprint density at radius 1 is 1.25 bits per heavy atom. The number of nitrogens with one attached hydrogen (secondary N) is 2. The highest BCUT2D eigenvalue weighted by molar-refractivity contribution is 7.99. The highest BCUT2D eigenvalue weighted by Crippen LogP contribution is 2.22. The normalized spacial score (nSPS) is 18.6. The van der Waals surface area contributed by atoms with Crippen LogP contribution < -0.4 is 10.6 Å². The van der Waals surface area contributed by atoms with Crippen molar-refractivity contribution in [1.29, 1.82) is 0 Å². The molecule has 0 aromatic heterocycles. The van der Waals surface area contributed by atoms with Crippen molar-refractivity contribution in [2.24, 2.45) is 0 Å². The molecule has 0 spiro atoms. The topological polar surface area (TPSA) is 50.4 Å². The average Bonchev–Trinajstić information content (AvgIpc) is 2.82. The molecule has 1 fully saturated rings. The fourth-order valence-electron chi connectivity index (χ4n) is 1.96. The Labute approximate surface area is 124 Å². The molecular weight excluding hydrogens is 272 g/mol. The van der Waals surface area contributed by atoms with E-state index >= 15 is 0 Å². The molecule has 1 aromatic rings. The fourth-order valence-corrected chi connectivity index (χ4v) is 3.11. The van der Waals surface area contributed by atoms with Crippen LogP contribution >= 0.6 is 11.8 Å². The van der Waals surface area contributed by atoms with E-state index in [1.807, 2.05) is 56.8 Å². The first-order valence-corrected chi connectivity index (χ1v) is 8.02. The van der Waals surface area contributed by atoms with E-state index in [0.717, 1.165) is 17.1 Å². The van der Waals surface area contributed by atoms with Gasteiger partial charge in [-0.3, -0.25) is 5.32 Å². The van der Waals surface area contributed by atoms with Crippen LogP contribution in [-0.4, -0.2) is 29.2 Å². The first-order valence-electron chi connectivity index (χ1n) is 6.87. The molecule has 0 radical (unpaired) electrons. The second-order valence-electron chi connectivity index (χ2n) is 5.91. The van der Waals surface area contributed by atoms with E-state index < -0.39 is 11.7 Å². The van der Waals surface area contributed by atoms with E-state index in [0.29, 0.717) is 6.04 Å². The number of hydrogen-bond acceptors (Lipinski definition) is 4. The maximum atomic E-state index is 11.6. The quantitative estimate of drug-likeness (QED) is 0.886. The summed E-state index contributed by atoms with van der Waals surface area (Å²) in [5.74, 6) is 2.40. The van der Waals surface area contributed by atoms with Crippen LogP contribution in [0.3, 0.4) is 0 Å². The molecule has 1 unspecified atom stereocenters. The molecule has 1 aromatic carbocycles. The van der Waals surface area contributed by atoms with Crippen LogP contribution in [0.4, 0.5) is 16.2 Å². The van der Waals surface area contributed by atoms with Crippen molar-refractivity contribution < 1.29 is 9.53 Å². The fraction of sp³-hybridized carbons (Fsp3) is 0.533. The van der Waals surface area contributed by atoms with Gasteiger partial charge >= 0.3 is 6.09 Å². The van der Waals surface area contributed by atoms with Crippen LogP contribution in [0.2, 0.25) is 0 Å². The molecule has 20 heavy (non-hydrogen) atoms. The average molecular weight is 294 g/mol. The molecular formula is C15H22N2O2S. The Bertz CT molecular complexity index is 448. The molecule has 0 bridgehead atoms. The lowest BCUT2D eigenvalue weighted by Crippen LogP contribution is -2.27. The Hall–Kier alpha value is -1.36. The van der Waals surface area contributed by atoms with Crippen molar-refractivity contribution >= 4 is 29.2 Å². The van der Waals surface area contributed by atoms with Gasteiger partial charge in [-0.25, -0.2) is 4.79 Å². The lowest BCUT2D eigenvalue weighted by atomic mass is 10.2. The Kier molecular flexibility index (Phi) is 4.81. The van der Waals surface area contributed by atoms with Crippen molar-refractivity contribution in [3.63, 3.8) is 0 Å². The molecule has 2 N–H and O–H groups in total. The summed E-state index contributed by atoms with van der Waals surface area (Å²) in [6.45, 7) is 5.54. The predicted molar refractivity (Wildman–Crippen MR) is 85.7 cm³/mol. The number of carbonyl (C=O) groups excluding carboxylic acids is 1. The maximum absolute atomic E-state index is 11.6. The molecule has 0 saturated carbocycles.